The third-order valence-electron chi connectivity index (χ3n) is 4.69. The van der Waals surface area contributed by atoms with Gasteiger partial charge in [0.05, 0.1) is 17.2 Å². The van der Waals surface area contributed by atoms with Gasteiger partial charge in [-0.2, -0.15) is 0 Å². The van der Waals surface area contributed by atoms with Gasteiger partial charge in [0.15, 0.2) is 0 Å². The van der Waals surface area contributed by atoms with Crippen LogP contribution in [0.15, 0.2) is 48.5 Å². The van der Waals surface area contributed by atoms with Gasteiger partial charge in [-0.25, -0.2) is 0 Å². The molecule has 3 rings (SSSR count). The molecule has 142 valence electrons. The summed E-state index contributed by atoms with van der Waals surface area (Å²) in [7, 11) is 0. The molecule has 27 heavy (non-hydrogen) atoms. The number of ether oxygens (including phenoxy) is 1. The molecule has 0 aromatic heterocycles. The summed E-state index contributed by atoms with van der Waals surface area (Å²) < 4.78 is 5.65. The minimum atomic E-state index is -0.451. The minimum Gasteiger partial charge on any atom is -0.491 e. The number of imide groups is 1. The molecule has 0 fully saturated rings. The Labute approximate surface area is 159 Å². The zero-order chi connectivity index (χ0) is 19.2. The maximum atomic E-state index is 12.4. The van der Waals surface area contributed by atoms with Crippen LogP contribution < -0.4 is 4.74 Å². The highest BCUT2D eigenvalue weighted by atomic mass is 16.5. The quantitative estimate of drug-likeness (QED) is 0.690. The molecular weight excluding hydrogens is 342 g/mol. The molecule has 0 saturated heterocycles. The van der Waals surface area contributed by atoms with Gasteiger partial charge in [-0.05, 0) is 49.1 Å². The Bertz CT molecular complexity index is 782. The molecule has 0 saturated carbocycles. The van der Waals surface area contributed by atoms with E-state index in [1.165, 1.54) is 4.90 Å². The second kappa shape index (κ2) is 8.82. The fraction of sp³-hybridized carbons (Fsp3) is 0.364. The van der Waals surface area contributed by atoms with Crippen molar-refractivity contribution in [3.05, 3.63) is 65.2 Å². The second-order valence-corrected chi connectivity index (χ2v) is 6.81. The summed E-state index contributed by atoms with van der Waals surface area (Å²) in [6, 6.07) is 14.7. The lowest BCUT2D eigenvalue weighted by atomic mass is 10.1. The molecule has 1 atom stereocenters. The molecule has 2 amide bonds. The fourth-order valence-corrected chi connectivity index (χ4v) is 3.28. The first kappa shape index (κ1) is 19.1. The Morgan fingerprint density at radius 2 is 1.74 bits per heavy atom. The maximum Gasteiger partial charge on any atom is 0.261 e. The van der Waals surface area contributed by atoms with Gasteiger partial charge < -0.3 is 9.84 Å². The van der Waals surface area contributed by atoms with Crippen molar-refractivity contribution in [3.8, 4) is 5.75 Å². The predicted molar refractivity (Wildman–Crippen MR) is 103 cm³/mol. The van der Waals surface area contributed by atoms with Crippen LogP contribution in [0.5, 0.6) is 5.75 Å². The summed E-state index contributed by atoms with van der Waals surface area (Å²) in [5, 5.41) is 9.77. The van der Waals surface area contributed by atoms with Crippen molar-refractivity contribution in [2.75, 3.05) is 13.2 Å². The minimum absolute atomic E-state index is 0.211. The van der Waals surface area contributed by atoms with Crippen molar-refractivity contribution in [1.82, 2.24) is 4.90 Å². The van der Waals surface area contributed by atoms with E-state index in [1.807, 2.05) is 31.2 Å². The van der Waals surface area contributed by atoms with E-state index in [-0.39, 0.29) is 18.4 Å². The fourth-order valence-electron chi connectivity index (χ4n) is 3.28. The molecule has 2 aromatic rings. The van der Waals surface area contributed by atoms with Crippen molar-refractivity contribution in [3.63, 3.8) is 0 Å². The van der Waals surface area contributed by atoms with Gasteiger partial charge in [0.25, 0.3) is 11.8 Å². The standard InChI is InChI=1S/C22H25NO4/c1-2-7-17(24)15-27-18-10-5-8-16(14-18)9-6-13-23-21(25)19-11-3-4-12-20(19)22(23)26/h3-5,8,10-12,14,17,24H,2,6-7,9,13,15H2,1H3. The van der Waals surface area contributed by atoms with Crippen LogP contribution in [-0.2, 0) is 6.42 Å². The van der Waals surface area contributed by atoms with Crippen molar-refractivity contribution < 1.29 is 19.4 Å². The van der Waals surface area contributed by atoms with Crippen LogP contribution in [0.2, 0.25) is 0 Å². The topological polar surface area (TPSA) is 66.8 Å². The highest BCUT2D eigenvalue weighted by molar-refractivity contribution is 6.21. The molecule has 0 radical (unpaired) electrons. The summed E-state index contributed by atoms with van der Waals surface area (Å²) in [6.45, 7) is 2.71. The van der Waals surface area contributed by atoms with E-state index >= 15 is 0 Å². The molecular formula is C22H25NO4. The van der Waals surface area contributed by atoms with Gasteiger partial charge >= 0.3 is 0 Å². The number of nitrogens with zero attached hydrogens (tertiary/aromatic N) is 1. The van der Waals surface area contributed by atoms with Crippen LogP contribution in [0.3, 0.4) is 0 Å². The average molecular weight is 367 g/mol. The van der Waals surface area contributed by atoms with E-state index in [0.29, 0.717) is 24.1 Å². The highest BCUT2D eigenvalue weighted by Crippen LogP contribution is 2.23. The van der Waals surface area contributed by atoms with Crippen LogP contribution in [0.1, 0.15) is 52.5 Å². The normalized spacial score (nSPS) is 14.4. The predicted octanol–water partition coefficient (Wildman–Crippen LogP) is 3.46. The third-order valence-corrected chi connectivity index (χ3v) is 4.69. The highest BCUT2D eigenvalue weighted by Gasteiger charge is 2.34. The molecule has 5 nitrogen and oxygen atoms in total. The van der Waals surface area contributed by atoms with Crippen LogP contribution in [0.25, 0.3) is 0 Å². The molecule has 1 aliphatic rings. The molecule has 1 heterocycles. The number of hydrogen-bond acceptors (Lipinski definition) is 4. The number of aliphatic hydroxyl groups excluding tert-OH is 1. The van der Waals surface area contributed by atoms with E-state index in [4.69, 9.17) is 4.74 Å². The van der Waals surface area contributed by atoms with E-state index in [2.05, 4.69) is 0 Å². The van der Waals surface area contributed by atoms with Crippen LogP contribution >= 0.6 is 0 Å². The molecule has 1 N–H and O–H groups in total. The summed E-state index contributed by atoms with van der Waals surface area (Å²) in [4.78, 5) is 26.1. The number of benzene rings is 2. The summed E-state index contributed by atoms with van der Waals surface area (Å²) in [5.41, 5.74) is 2.06. The Kier molecular flexibility index (Phi) is 6.24. The molecule has 1 aliphatic heterocycles. The van der Waals surface area contributed by atoms with Crippen LogP contribution in [-0.4, -0.2) is 41.1 Å². The average Bonchev–Trinajstić information content (AvgIpc) is 2.92. The molecule has 0 spiro atoms. The number of carbonyl (C=O) groups excluding carboxylic acids is 2. The van der Waals surface area contributed by atoms with Crippen molar-refractivity contribution in [1.29, 1.82) is 0 Å². The second-order valence-electron chi connectivity index (χ2n) is 6.81. The molecule has 0 aliphatic carbocycles. The monoisotopic (exact) mass is 367 g/mol. The van der Waals surface area contributed by atoms with Gasteiger partial charge in [0.1, 0.15) is 12.4 Å². The van der Waals surface area contributed by atoms with Gasteiger partial charge in [-0.15, -0.1) is 0 Å². The SMILES string of the molecule is CCCC(O)COc1cccc(CCCN2C(=O)c3ccccc3C2=O)c1. The Morgan fingerprint density at radius 1 is 1.04 bits per heavy atom. The largest absolute Gasteiger partial charge is 0.491 e. The lowest BCUT2D eigenvalue weighted by Crippen LogP contribution is -2.30. The molecule has 1 unspecified atom stereocenters. The number of fused-ring (bicyclic) bond motifs is 1. The van der Waals surface area contributed by atoms with E-state index < -0.39 is 6.10 Å². The zero-order valence-corrected chi connectivity index (χ0v) is 15.6. The summed E-state index contributed by atoms with van der Waals surface area (Å²) in [6.07, 6.45) is 2.62. The number of hydrogen-bond donors (Lipinski definition) is 1. The summed E-state index contributed by atoms with van der Waals surface area (Å²) >= 11 is 0. The molecule has 0 bridgehead atoms. The zero-order valence-electron chi connectivity index (χ0n) is 15.6. The van der Waals surface area contributed by atoms with Crippen LogP contribution in [0.4, 0.5) is 0 Å². The number of aryl methyl sites for hydroxylation is 1. The first-order chi connectivity index (χ1) is 13.1. The first-order valence-electron chi connectivity index (χ1n) is 9.45. The van der Waals surface area contributed by atoms with Crippen molar-refractivity contribution >= 4 is 11.8 Å². The smallest absolute Gasteiger partial charge is 0.261 e. The number of carbonyl (C=O) groups is 2. The number of amides is 2. The third kappa shape index (κ3) is 4.55. The van der Waals surface area contributed by atoms with Gasteiger partial charge in [-0.3, -0.25) is 14.5 Å². The van der Waals surface area contributed by atoms with Crippen molar-refractivity contribution in [2.45, 2.75) is 38.7 Å². The lowest BCUT2D eigenvalue weighted by molar-refractivity contribution is 0.0652. The Hall–Kier alpha value is -2.66. The van der Waals surface area contributed by atoms with Gasteiger partial charge in [-0.1, -0.05) is 37.6 Å². The van der Waals surface area contributed by atoms with Gasteiger partial charge in [0.2, 0.25) is 0 Å². The maximum absolute atomic E-state index is 12.4. The lowest BCUT2D eigenvalue weighted by Gasteiger charge is -2.14. The Morgan fingerprint density at radius 3 is 2.41 bits per heavy atom. The van der Waals surface area contributed by atoms with E-state index in [1.54, 1.807) is 24.3 Å². The number of rotatable bonds is 9. The van der Waals surface area contributed by atoms with Gasteiger partial charge in [0, 0.05) is 6.54 Å². The Balaban J connectivity index is 1.52. The molecule has 5 heteroatoms. The molecule has 2 aromatic carbocycles. The van der Waals surface area contributed by atoms with E-state index in [9.17, 15) is 14.7 Å². The first-order valence-corrected chi connectivity index (χ1v) is 9.45. The van der Waals surface area contributed by atoms with Crippen molar-refractivity contribution in [2.24, 2.45) is 0 Å². The number of aliphatic hydroxyl groups is 1. The summed E-state index contributed by atoms with van der Waals surface area (Å²) in [5.74, 6) is 0.304. The van der Waals surface area contributed by atoms with E-state index in [0.717, 1.165) is 30.6 Å². The van der Waals surface area contributed by atoms with Crippen LogP contribution in [0, 0.1) is 0 Å².